The van der Waals surface area contributed by atoms with E-state index in [1.165, 1.54) is 12.7 Å². The van der Waals surface area contributed by atoms with Gasteiger partial charge in [0.25, 0.3) is 0 Å². The first-order chi connectivity index (χ1) is 16.4. The normalized spacial score (nSPS) is 9.21. The number of aromatic amines is 5. The average Bonchev–Trinajstić information content (AvgIpc) is 3.71. The lowest BCUT2D eigenvalue weighted by molar-refractivity contribution is 0.940. The van der Waals surface area contributed by atoms with Crippen LogP contribution in [0.3, 0.4) is 0 Å². The molecule has 5 heterocycles. The highest BCUT2D eigenvalue weighted by Crippen LogP contribution is 2.05. The van der Waals surface area contributed by atoms with E-state index in [1.807, 2.05) is 48.5 Å². The van der Waals surface area contributed by atoms with Crippen LogP contribution in [0.25, 0.3) is 22.1 Å². The first-order valence-corrected chi connectivity index (χ1v) is 9.59. The molecule has 0 atom stereocenters. The van der Waals surface area contributed by atoms with Gasteiger partial charge in [-0.25, -0.2) is 15.0 Å². The van der Waals surface area contributed by atoms with Crippen LogP contribution in [0.4, 0.5) is 0 Å². The number of imidazole rings is 2. The summed E-state index contributed by atoms with van der Waals surface area (Å²) in [6.45, 7) is 0. The van der Waals surface area contributed by atoms with Crippen LogP contribution in [-0.2, 0) is 0 Å². The summed E-state index contributed by atoms with van der Waals surface area (Å²) in [5.74, 6) is 0. The number of rotatable bonds is 0. The zero-order valence-electron chi connectivity index (χ0n) is 17.3. The van der Waals surface area contributed by atoms with E-state index in [1.54, 1.807) is 37.4 Å². The number of para-hydroxylation sites is 3. The summed E-state index contributed by atoms with van der Waals surface area (Å²) in [6, 6.07) is 15.7. The SMILES string of the molecule is c1c[nH]cn1.c1c[nH]nn1.c1ccc2[nH]cnc2c1.c1ccc2[nH]nnc2c1.c1nc[nH]n1. The molecule has 0 aliphatic rings. The highest BCUT2D eigenvalue weighted by molar-refractivity contribution is 5.73. The van der Waals surface area contributed by atoms with Crippen molar-refractivity contribution in [1.82, 2.24) is 65.9 Å². The molecule has 0 amide bonds. The molecule has 0 bridgehead atoms. The predicted molar refractivity (Wildman–Crippen MR) is 121 cm³/mol. The molecule has 7 aromatic rings. The monoisotopic (exact) mass is 443 g/mol. The zero-order chi connectivity index (χ0) is 22.8. The van der Waals surface area contributed by atoms with Crippen molar-refractivity contribution < 1.29 is 0 Å². The van der Waals surface area contributed by atoms with Crippen molar-refractivity contribution in [2.24, 2.45) is 0 Å². The van der Waals surface area contributed by atoms with Crippen molar-refractivity contribution in [1.29, 1.82) is 0 Å². The quantitative estimate of drug-likeness (QED) is 0.237. The van der Waals surface area contributed by atoms with Crippen molar-refractivity contribution in [2.45, 2.75) is 0 Å². The lowest BCUT2D eigenvalue weighted by atomic mass is 10.3. The van der Waals surface area contributed by atoms with E-state index in [4.69, 9.17) is 0 Å². The highest BCUT2D eigenvalue weighted by atomic mass is 15.3. The minimum Gasteiger partial charge on any atom is -0.351 e. The maximum absolute atomic E-state index is 4.06. The molecule has 0 saturated heterocycles. The van der Waals surface area contributed by atoms with Crippen LogP contribution in [0.2, 0.25) is 0 Å². The van der Waals surface area contributed by atoms with E-state index < -0.39 is 0 Å². The Balaban J connectivity index is 0.000000120. The Morgan fingerprint density at radius 2 is 1.52 bits per heavy atom. The van der Waals surface area contributed by atoms with Crippen LogP contribution in [-0.4, -0.2) is 65.9 Å². The van der Waals surface area contributed by atoms with Gasteiger partial charge in [-0.3, -0.25) is 15.3 Å². The Hall–Kier alpha value is -5.20. The number of nitrogens with one attached hydrogen (secondary N) is 5. The molecule has 0 spiro atoms. The summed E-state index contributed by atoms with van der Waals surface area (Å²) in [5, 5.41) is 25.4. The van der Waals surface area contributed by atoms with E-state index in [2.05, 4.69) is 65.9 Å². The largest absolute Gasteiger partial charge is 0.351 e. The maximum Gasteiger partial charge on any atom is 0.137 e. The molecule has 13 nitrogen and oxygen atoms in total. The van der Waals surface area contributed by atoms with Gasteiger partial charge in [0.1, 0.15) is 18.2 Å². The number of H-pyrrole nitrogens is 5. The summed E-state index contributed by atoms with van der Waals surface area (Å²) >= 11 is 0. The number of hydrogen-bond donors (Lipinski definition) is 5. The van der Waals surface area contributed by atoms with Crippen molar-refractivity contribution in [3.8, 4) is 0 Å². The summed E-state index contributed by atoms with van der Waals surface area (Å²) in [4.78, 5) is 17.0. The topological polar surface area (TPSA) is 182 Å². The molecular weight excluding hydrogens is 422 g/mol. The first kappa shape index (κ1) is 22.5. The summed E-state index contributed by atoms with van der Waals surface area (Å²) in [7, 11) is 0. The average molecular weight is 443 g/mol. The number of nitrogens with zero attached hydrogens (tertiary/aromatic N) is 8. The molecular formula is C20H21N13. The lowest BCUT2D eigenvalue weighted by Crippen LogP contribution is -1.63. The van der Waals surface area contributed by atoms with Crippen LogP contribution in [0.5, 0.6) is 0 Å². The third-order valence-electron chi connectivity index (χ3n) is 3.63. The first-order valence-electron chi connectivity index (χ1n) is 9.59. The third-order valence-corrected chi connectivity index (χ3v) is 3.63. The third kappa shape index (κ3) is 8.59. The smallest absolute Gasteiger partial charge is 0.137 e. The van der Waals surface area contributed by atoms with Crippen LogP contribution < -0.4 is 0 Å². The Morgan fingerprint density at radius 1 is 0.667 bits per heavy atom. The molecule has 0 radical (unpaired) electrons. The lowest BCUT2D eigenvalue weighted by Gasteiger charge is -1.81. The van der Waals surface area contributed by atoms with Gasteiger partial charge >= 0.3 is 0 Å². The Morgan fingerprint density at radius 3 is 2.03 bits per heavy atom. The van der Waals surface area contributed by atoms with Gasteiger partial charge in [-0.05, 0) is 24.3 Å². The predicted octanol–water partition coefficient (Wildman–Crippen LogP) is 2.54. The second-order valence-electron chi connectivity index (χ2n) is 5.82. The van der Waals surface area contributed by atoms with Gasteiger partial charge in [-0.15, -0.1) is 10.2 Å². The molecule has 0 unspecified atom stereocenters. The van der Waals surface area contributed by atoms with Gasteiger partial charge in [0, 0.05) is 18.6 Å². The summed E-state index contributed by atoms with van der Waals surface area (Å²) < 4.78 is 0. The second kappa shape index (κ2) is 13.9. The van der Waals surface area contributed by atoms with Crippen molar-refractivity contribution in [3.05, 3.63) is 98.6 Å². The van der Waals surface area contributed by atoms with Gasteiger partial charge in [-0.1, -0.05) is 34.7 Å². The number of fused-ring (bicyclic) bond motifs is 2. The van der Waals surface area contributed by atoms with Gasteiger partial charge in [0.05, 0.1) is 35.4 Å². The Kier molecular flexibility index (Phi) is 9.48. The number of aromatic nitrogens is 13. The molecule has 7 rings (SSSR count). The van der Waals surface area contributed by atoms with Crippen LogP contribution in [0, 0.1) is 0 Å². The zero-order valence-corrected chi connectivity index (χ0v) is 17.3. The summed E-state index contributed by atoms with van der Waals surface area (Å²) in [6.07, 6.45) is 13.0. The molecule has 0 aliphatic heterocycles. The molecule has 0 fully saturated rings. The van der Waals surface area contributed by atoms with Gasteiger partial charge in [0.2, 0.25) is 0 Å². The van der Waals surface area contributed by atoms with Crippen LogP contribution in [0.1, 0.15) is 0 Å². The highest BCUT2D eigenvalue weighted by Gasteiger charge is 1.90. The molecule has 5 N–H and O–H groups in total. The van der Waals surface area contributed by atoms with Gasteiger partial charge < -0.3 is 9.97 Å². The maximum atomic E-state index is 4.06. The van der Waals surface area contributed by atoms with E-state index in [9.17, 15) is 0 Å². The molecule has 33 heavy (non-hydrogen) atoms. The van der Waals surface area contributed by atoms with E-state index in [-0.39, 0.29) is 0 Å². The van der Waals surface area contributed by atoms with Crippen LogP contribution in [0.15, 0.2) is 98.6 Å². The molecule has 13 heteroatoms. The Labute approximate surface area is 187 Å². The van der Waals surface area contributed by atoms with E-state index >= 15 is 0 Å². The minimum absolute atomic E-state index is 0.914. The van der Waals surface area contributed by atoms with Gasteiger partial charge in [-0.2, -0.15) is 5.10 Å². The molecule has 0 aliphatic carbocycles. The Bertz CT molecular complexity index is 1080. The van der Waals surface area contributed by atoms with Crippen molar-refractivity contribution in [2.75, 3.05) is 0 Å². The minimum atomic E-state index is 0.914. The standard InChI is InChI=1S/C7H6N2.C6H5N3.C3H4N2.2C2H3N3/c1-2-4-7-6(3-1)8-5-9-7;1-2-4-6-5(3-1)7-9-8-6;1-2-5-3-4-1;1-3-2-5-4-1;1-2-4-5-3-1/h1-5H,(H,8,9);1-4H,(H,7,8,9);1-3H,(H,4,5);2*1-2H,(H,3,4,5). The number of hydrogen-bond acceptors (Lipinski definition) is 8. The fraction of sp³-hybridized carbons (Fsp3) is 0. The van der Waals surface area contributed by atoms with Gasteiger partial charge in [0.15, 0.2) is 0 Å². The van der Waals surface area contributed by atoms with E-state index in [0.717, 1.165) is 22.1 Å². The molecule has 166 valence electrons. The van der Waals surface area contributed by atoms with Crippen LogP contribution >= 0.6 is 0 Å². The van der Waals surface area contributed by atoms with Crippen molar-refractivity contribution in [3.63, 3.8) is 0 Å². The fourth-order valence-electron chi connectivity index (χ4n) is 2.22. The second-order valence-corrected chi connectivity index (χ2v) is 5.82. The fourth-order valence-corrected chi connectivity index (χ4v) is 2.22. The molecule has 5 aromatic heterocycles. The summed E-state index contributed by atoms with van der Waals surface area (Å²) in [5.41, 5.74) is 4.02. The van der Waals surface area contributed by atoms with Crippen molar-refractivity contribution >= 4 is 22.1 Å². The molecule has 2 aromatic carbocycles. The molecule has 0 saturated carbocycles. The van der Waals surface area contributed by atoms with E-state index in [0.29, 0.717) is 0 Å². The number of benzene rings is 2.